The molecule has 4 heterocycles. The molecule has 1 spiro atoms. The van der Waals surface area contributed by atoms with Gasteiger partial charge in [-0.25, -0.2) is 0 Å². The lowest BCUT2D eigenvalue weighted by atomic mass is 9.64. The predicted molar refractivity (Wildman–Crippen MR) is 164 cm³/mol. The molecule has 7 rings (SSSR count). The third-order valence-corrected chi connectivity index (χ3v) is 9.62. The highest BCUT2D eigenvalue weighted by Crippen LogP contribution is 2.58. The van der Waals surface area contributed by atoms with Gasteiger partial charge >= 0.3 is 0 Å². The number of hydrogen-bond donors (Lipinski definition) is 1. The smallest absolute Gasteiger partial charge is 0.238 e. The SMILES string of the molecule is CC(C)Cc1ccc(C(=O)[C@@H]2[C@H](C(=O)c3cccs3)N3c4ccccc4C=C[C@@H]3[C@@]23C(=O)Nc2ccccc23)cc1. The maximum absolute atomic E-state index is 14.9. The van der Waals surface area contributed by atoms with Crippen molar-refractivity contribution in [2.45, 2.75) is 37.8 Å². The number of thiophene rings is 1. The zero-order valence-corrected chi connectivity index (χ0v) is 23.7. The van der Waals surface area contributed by atoms with Crippen LogP contribution in [-0.4, -0.2) is 29.6 Å². The van der Waals surface area contributed by atoms with E-state index in [1.165, 1.54) is 11.3 Å². The number of amides is 1. The fourth-order valence-electron chi connectivity index (χ4n) is 7.14. The minimum absolute atomic E-state index is 0.140. The Labute approximate surface area is 243 Å². The van der Waals surface area contributed by atoms with E-state index in [-0.39, 0.29) is 17.5 Å². The first-order valence-corrected chi connectivity index (χ1v) is 15.0. The molecule has 3 aliphatic heterocycles. The molecule has 1 aromatic heterocycles. The van der Waals surface area contributed by atoms with E-state index in [1.54, 1.807) is 0 Å². The third-order valence-electron chi connectivity index (χ3n) is 8.74. The van der Waals surface area contributed by atoms with Gasteiger partial charge in [-0.15, -0.1) is 11.3 Å². The topological polar surface area (TPSA) is 66.5 Å². The first-order valence-electron chi connectivity index (χ1n) is 14.1. The van der Waals surface area contributed by atoms with Crippen LogP contribution in [0.1, 0.15) is 50.6 Å². The summed E-state index contributed by atoms with van der Waals surface area (Å²) < 4.78 is 0. The average Bonchev–Trinajstić information content (AvgIpc) is 3.69. The number of para-hydroxylation sites is 2. The largest absolute Gasteiger partial charge is 0.352 e. The van der Waals surface area contributed by atoms with E-state index < -0.39 is 23.4 Å². The molecule has 0 radical (unpaired) electrons. The number of nitrogens with zero attached hydrogens (tertiary/aromatic N) is 1. The summed E-state index contributed by atoms with van der Waals surface area (Å²) in [6.45, 7) is 4.33. The highest BCUT2D eigenvalue weighted by atomic mass is 32.1. The number of nitrogens with one attached hydrogen (secondary N) is 1. The Balaban J connectivity index is 1.48. The highest BCUT2D eigenvalue weighted by Gasteiger charge is 2.70. The molecule has 41 heavy (non-hydrogen) atoms. The van der Waals surface area contributed by atoms with Crippen LogP contribution in [0.2, 0.25) is 0 Å². The van der Waals surface area contributed by atoms with Crippen molar-refractivity contribution in [1.82, 2.24) is 0 Å². The van der Waals surface area contributed by atoms with Crippen molar-refractivity contribution in [3.05, 3.63) is 124 Å². The average molecular weight is 559 g/mol. The van der Waals surface area contributed by atoms with Crippen LogP contribution in [-0.2, 0) is 16.6 Å². The Morgan fingerprint density at radius 1 is 0.927 bits per heavy atom. The first-order chi connectivity index (χ1) is 19.9. The summed E-state index contributed by atoms with van der Waals surface area (Å²) in [6, 6.07) is 25.5. The van der Waals surface area contributed by atoms with Gasteiger partial charge in [0.05, 0.1) is 16.8 Å². The minimum atomic E-state index is -1.29. The van der Waals surface area contributed by atoms with E-state index in [9.17, 15) is 14.4 Å². The van der Waals surface area contributed by atoms with Crippen molar-refractivity contribution in [1.29, 1.82) is 0 Å². The van der Waals surface area contributed by atoms with Crippen LogP contribution in [0.4, 0.5) is 11.4 Å². The molecule has 0 saturated carbocycles. The molecule has 6 heteroatoms. The van der Waals surface area contributed by atoms with Crippen molar-refractivity contribution >= 4 is 46.3 Å². The number of carbonyl (C=O) groups is 3. The molecule has 0 aliphatic carbocycles. The normalized spacial score (nSPS) is 23.8. The van der Waals surface area contributed by atoms with Gasteiger partial charge in [-0.3, -0.25) is 14.4 Å². The third kappa shape index (κ3) is 3.77. The van der Waals surface area contributed by atoms with Gasteiger partial charge in [0.15, 0.2) is 11.6 Å². The van der Waals surface area contributed by atoms with Gasteiger partial charge in [0.2, 0.25) is 5.91 Å². The summed E-state index contributed by atoms with van der Waals surface area (Å²) in [4.78, 5) is 46.4. The highest BCUT2D eigenvalue weighted by molar-refractivity contribution is 7.12. The molecule has 204 valence electrons. The number of rotatable bonds is 6. The van der Waals surface area contributed by atoms with Crippen molar-refractivity contribution in [2.24, 2.45) is 11.8 Å². The summed E-state index contributed by atoms with van der Waals surface area (Å²) in [7, 11) is 0. The second-order valence-corrected chi connectivity index (χ2v) is 12.5. The first kappa shape index (κ1) is 25.7. The van der Waals surface area contributed by atoms with Gasteiger partial charge in [-0.05, 0) is 52.6 Å². The molecule has 1 amide bonds. The molecular formula is C35H30N2O3S. The van der Waals surface area contributed by atoms with Crippen LogP contribution >= 0.6 is 11.3 Å². The summed E-state index contributed by atoms with van der Waals surface area (Å²) >= 11 is 1.37. The van der Waals surface area contributed by atoms with Gasteiger partial charge in [-0.1, -0.05) is 92.7 Å². The van der Waals surface area contributed by atoms with Gasteiger partial charge in [0, 0.05) is 16.9 Å². The van der Waals surface area contributed by atoms with Gasteiger partial charge in [-0.2, -0.15) is 0 Å². The van der Waals surface area contributed by atoms with Crippen molar-refractivity contribution in [3.8, 4) is 0 Å². The Morgan fingerprint density at radius 3 is 2.44 bits per heavy atom. The molecular weight excluding hydrogens is 528 g/mol. The summed E-state index contributed by atoms with van der Waals surface area (Å²) in [5.74, 6) is -1.03. The Kier molecular flexibility index (Phi) is 6.05. The van der Waals surface area contributed by atoms with Crippen LogP contribution < -0.4 is 10.2 Å². The maximum atomic E-state index is 14.9. The molecule has 3 aliphatic rings. The number of Topliss-reactive ketones (excluding diaryl/α,β-unsaturated/α-hetero) is 2. The van der Waals surface area contributed by atoms with E-state index >= 15 is 0 Å². The zero-order valence-electron chi connectivity index (χ0n) is 22.9. The van der Waals surface area contributed by atoms with E-state index in [1.807, 2.05) is 102 Å². The Morgan fingerprint density at radius 2 is 1.68 bits per heavy atom. The van der Waals surface area contributed by atoms with Crippen molar-refractivity contribution in [3.63, 3.8) is 0 Å². The van der Waals surface area contributed by atoms with Gasteiger partial charge in [0.25, 0.3) is 0 Å². The van der Waals surface area contributed by atoms with Crippen LogP contribution in [0.15, 0.2) is 96.4 Å². The van der Waals surface area contributed by atoms with E-state index in [4.69, 9.17) is 0 Å². The van der Waals surface area contributed by atoms with E-state index in [0.29, 0.717) is 22.0 Å². The standard InChI is InChI=1S/C35H30N2O3S/c1-21(2)20-22-13-15-24(16-14-22)32(38)30-31(33(39)28-12-7-19-41-28)37-27-11-6-3-8-23(27)17-18-29(37)35(30)25-9-4-5-10-26(25)36-34(35)40/h3-19,21,29-31H,20H2,1-2H3,(H,36,40)/t29-,30+,31-,35-/m1/s1. The summed E-state index contributed by atoms with van der Waals surface area (Å²) in [5, 5.41) is 4.96. The van der Waals surface area contributed by atoms with Crippen molar-refractivity contribution < 1.29 is 14.4 Å². The number of hydrogen-bond acceptors (Lipinski definition) is 5. The molecule has 5 nitrogen and oxygen atoms in total. The van der Waals surface area contributed by atoms with Crippen LogP contribution in [0.25, 0.3) is 6.08 Å². The fraction of sp³-hybridized carbons (Fsp3) is 0.229. The second kappa shape index (κ2) is 9.67. The lowest BCUT2D eigenvalue weighted by Crippen LogP contribution is -2.51. The second-order valence-electron chi connectivity index (χ2n) is 11.6. The molecule has 0 unspecified atom stereocenters. The number of benzene rings is 3. The lowest BCUT2D eigenvalue weighted by molar-refractivity contribution is -0.121. The molecule has 4 aromatic rings. The lowest BCUT2D eigenvalue weighted by Gasteiger charge is -2.37. The van der Waals surface area contributed by atoms with Crippen LogP contribution in [0, 0.1) is 11.8 Å². The Bertz CT molecular complexity index is 1710. The molecule has 1 saturated heterocycles. The van der Waals surface area contributed by atoms with Gasteiger partial charge < -0.3 is 10.2 Å². The number of ketones is 2. The summed E-state index contributed by atoms with van der Waals surface area (Å²) in [5.41, 5.74) is 3.66. The number of carbonyl (C=O) groups excluding carboxylic acids is 3. The minimum Gasteiger partial charge on any atom is -0.352 e. The maximum Gasteiger partial charge on any atom is 0.238 e. The molecule has 4 atom stereocenters. The molecule has 1 N–H and O–H groups in total. The monoisotopic (exact) mass is 558 g/mol. The number of fused-ring (bicyclic) bond motifs is 6. The fourth-order valence-corrected chi connectivity index (χ4v) is 7.84. The quantitative estimate of drug-likeness (QED) is 0.264. The predicted octanol–water partition coefficient (Wildman–Crippen LogP) is 6.80. The van der Waals surface area contributed by atoms with E-state index in [0.717, 1.165) is 28.8 Å². The van der Waals surface area contributed by atoms with Crippen LogP contribution in [0.5, 0.6) is 0 Å². The molecule has 1 fully saturated rings. The molecule has 3 aromatic carbocycles. The summed E-state index contributed by atoms with van der Waals surface area (Å²) in [6.07, 6.45) is 4.94. The number of anilines is 2. The zero-order chi connectivity index (χ0) is 28.3. The Hall–Kier alpha value is -4.29. The van der Waals surface area contributed by atoms with Crippen molar-refractivity contribution in [2.75, 3.05) is 10.2 Å². The van der Waals surface area contributed by atoms with Gasteiger partial charge in [0.1, 0.15) is 11.5 Å². The molecule has 0 bridgehead atoms. The van der Waals surface area contributed by atoms with E-state index in [2.05, 4.69) is 24.1 Å². The van der Waals surface area contributed by atoms with Crippen LogP contribution in [0.3, 0.4) is 0 Å².